The van der Waals surface area contributed by atoms with Crippen molar-refractivity contribution in [1.29, 1.82) is 0 Å². The number of hydrogen-bond donors (Lipinski definition) is 1. The van der Waals surface area contributed by atoms with Crippen LogP contribution in [0.2, 0.25) is 0 Å². The lowest BCUT2D eigenvalue weighted by molar-refractivity contribution is 1.47. The quantitative estimate of drug-likeness (QED) is 0.701. The van der Waals surface area contributed by atoms with E-state index >= 15 is 0 Å². The van der Waals surface area contributed by atoms with Crippen molar-refractivity contribution in [1.82, 2.24) is 0 Å². The largest absolute Gasteiger partial charge is 0.330 e. The topological polar surface area (TPSA) is 12.0 Å². The Balaban J connectivity index is 0.000000561. The Kier molecular flexibility index (Phi) is 6.67. The maximum atomic E-state index is 3.15. The van der Waals surface area contributed by atoms with Crippen LogP contribution in [0.3, 0.4) is 0 Å². The molecular weight excluding hydrogens is 166 g/mol. The minimum Gasteiger partial charge on any atom is -0.330 e. The van der Waals surface area contributed by atoms with Gasteiger partial charge in [-0.15, -0.1) is 0 Å². The normalized spacial score (nSPS) is 8.33. The second-order valence-electron chi connectivity index (χ2n) is 2.17. The molecular formula is C10H17NS. The summed E-state index contributed by atoms with van der Waals surface area (Å²) in [4.78, 5) is 0. The van der Waals surface area contributed by atoms with Crippen molar-refractivity contribution in [2.45, 2.75) is 20.8 Å². The first kappa shape index (κ1) is 11.4. The molecule has 0 bridgehead atoms. The molecule has 0 atom stereocenters. The molecule has 1 aromatic carbocycles. The van der Waals surface area contributed by atoms with E-state index in [1.807, 2.05) is 20.1 Å². The summed E-state index contributed by atoms with van der Waals surface area (Å²) in [6.07, 6.45) is 2.01. The lowest BCUT2D eigenvalue weighted by Gasteiger charge is -2.00. The fourth-order valence-corrected chi connectivity index (χ4v) is 1.11. The van der Waals surface area contributed by atoms with E-state index in [-0.39, 0.29) is 0 Å². The van der Waals surface area contributed by atoms with E-state index in [1.165, 1.54) is 5.56 Å². The van der Waals surface area contributed by atoms with E-state index in [2.05, 4.69) is 35.9 Å². The summed E-state index contributed by atoms with van der Waals surface area (Å²) >= 11 is 1.61. The highest BCUT2D eigenvalue weighted by Gasteiger charge is 1.86. The summed E-state index contributed by atoms with van der Waals surface area (Å²) in [6, 6.07) is 8.34. The summed E-state index contributed by atoms with van der Waals surface area (Å²) in [5, 5.41) is 0. The molecule has 12 heavy (non-hydrogen) atoms. The van der Waals surface area contributed by atoms with Crippen molar-refractivity contribution in [3.63, 3.8) is 0 Å². The van der Waals surface area contributed by atoms with Crippen LogP contribution >= 0.6 is 11.9 Å². The molecule has 2 heteroatoms. The van der Waals surface area contributed by atoms with Crippen molar-refractivity contribution >= 4 is 17.6 Å². The van der Waals surface area contributed by atoms with E-state index in [0.29, 0.717) is 0 Å². The van der Waals surface area contributed by atoms with Gasteiger partial charge in [0.1, 0.15) is 0 Å². The molecule has 0 aromatic heterocycles. The third-order valence-corrected chi connectivity index (χ3v) is 1.71. The molecule has 68 valence electrons. The fraction of sp³-hybridized carbons (Fsp3) is 0.400. The molecule has 0 amide bonds. The first-order chi connectivity index (χ1) is 5.83. The van der Waals surface area contributed by atoms with Crippen LogP contribution in [-0.4, -0.2) is 6.26 Å². The smallest absolute Gasteiger partial charge is 0.0440 e. The lowest BCUT2D eigenvalue weighted by atomic mass is 10.2. The molecule has 0 radical (unpaired) electrons. The number of aryl methyl sites for hydroxylation is 1. The van der Waals surface area contributed by atoms with Gasteiger partial charge in [-0.1, -0.05) is 43.5 Å². The van der Waals surface area contributed by atoms with Crippen molar-refractivity contribution in [3.8, 4) is 0 Å². The van der Waals surface area contributed by atoms with Gasteiger partial charge in [-0.2, -0.15) is 0 Å². The molecule has 0 spiro atoms. The summed E-state index contributed by atoms with van der Waals surface area (Å²) in [6.45, 7) is 6.09. The maximum absolute atomic E-state index is 3.15. The fourth-order valence-electron chi connectivity index (χ4n) is 0.739. The summed E-state index contributed by atoms with van der Waals surface area (Å²) in [7, 11) is 0. The van der Waals surface area contributed by atoms with Crippen LogP contribution in [0, 0.1) is 6.92 Å². The molecule has 0 unspecified atom stereocenters. The van der Waals surface area contributed by atoms with Crippen molar-refractivity contribution in [2.24, 2.45) is 0 Å². The lowest BCUT2D eigenvalue weighted by Crippen LogP contribution is -1.82. The molecule has 0 aliphatic heterocycles. The number of nitrogens with one attached hydrogen (secondary N) is 1. The van der Waals surface area contributed by atoms with Gasteiger partial charge < -0.3 is 4.72 Å². The molecule has 1 rings (SSSR count). The van der Waals surface area contributed by atoms with Gasteiger partial charge >= 0.3 is 0 Å². The Morgan fingerprint density at radius 3 is 2.00 bits per heavy atom. The SMILES string of the molecule is CC.CSNc1ccc(C)cc1. The van der Waals surface area contributed by atoms with Crippen LogP contribution in [-0.2, 0) is 0 Å². The van der Waals surface area contributed by atoms with Crippen molar-refractivity contribution in [2.75, 3.05) is 11.0 Å². The second kappa shape index (κ2) is 7.04. The molecule has 0 fully saturated rings. The Morgan fingerprint density at radius 1 is 1.08 bits per heavy atom. The van der Waals surface area contributed by atoms with Crippen LogP contribution in [0.4, 0.5) is 5.69 Å². The number of hydrogen-bond acceptors (Lipinski definition) is 2. The number of anilines is 1. The van der Waals surface area contributed by atoms with Gasteiger partial charge in [0.25, 0.3) is 0 Å². The molecule has 0 aliphatic carbocycles. The van der Waals surface area contributed by atoms with Gasteiger partial charge in [0.2, 0.25) is 0 Å². The highest BCUT2D eigenvalue weighted by molar-refractivity contribution is 7.99. The Morgan fingerprint density at radius 2 is 1.58 bits per heavy atom. The third-order valence-electron chi connectivity index (χ3n) is 1.27. The monoisotopic (exact) mass is 183 g/mol. The average molecular weight is 183 g/mol. The van der Waals surface area contributed by atoms with Gasteiger partial charge in [0, 0.05) is 11.9 Å². The van der Waals surface area contributed by atoms with Crippen LogP contribution in [0.15, 0.2) is 24.3 Å². The van der Waals surface area contributed by atoms with Crippen LogP contribution in [0.1, 0.15) is 19.4 Å². The highest BCUT2D eigenvalue weighted by Crippen LogP contribution is 2.11. The number of rotatable bonds is 2. The first-order valence-corrected chi connectivity index (χ1v) is 5.41. The molecule has 1 aromatic rings. The minimum absolute atomic E-state index is 1.16. The summed E-state index contributed by atoms with van der Waals surface area (Å²) < 4.78 is 3.15. The van der Waals surface area contributed by atoms with Gasteiger partial charge in [0.05, 0.1) is 0 Å². The first-order valence-electron chi connectivity index (χ1n) is 4.18. The zero-order valence-electron chi connectivity index (χ0n) is 8.22. The van der Waals surface area contributed by atoms with E-state index in [0.717, 1.165) is 5.69 Å². The molecule has 0 heterocycles. The standard InChI is InChI=1S/C8H11NS.C2H6/c1-7-3-5-8(6-4-7)9-10-2;1-2/h3-6,9H,1-2H3;1-2H3. The zero-order valence-corrected chi connectivity index (χ0v) is 9.03. The molecule has 0 saturated carbocycles. The van der Waals surface area contributed by atoms with Gasteiger partial charge in [-0.3, -0.25) is 0 Å². The van der Waals surface area contributed by atoms with Crippen LogP contribution in [0.5, 0.6) is 0 Å². The van der Waals surface area contributed by atoms with E-state index < -0.39 is 0 Å². The average Bonchev–Trinajstić information content (AvgIpc) is 2.13. The maximum Gasteiger partial charge on any atom is 0.0440 e. The predicted octanol–water partition coefficient (Wildman–Crippen LogP) is 3.71. The van der Waals surface area contributed by atoms with Gasteiger partial charge in [-0.25, -0.2) is 0 Å². The van der Waals surface area contributed by atoms with Crippen molar-refractivity contribution in [3.05, 3.63) is 29.8 Å². The van der Waals surface area contributed by atoms with E-state index in [9.17, 15) is 0 Å². The Labute approximate surface area is 79.7 Å². The van der Waals surface area contributed by atoms with Gasteiger partial charge in [0.15, 0.2) is 0 Å². The predicted molar refractivity (Wildman–Crippen MR) is 59.7 cm³/mol. The van der Waals surface area contributed by atoms with E-state index in [4.69, 9.17) is 0 Å². The molecule has 1 N–H and O–H groups in total. The van der Waals surface area contributed by atoms with Crippen LogP contribution in [0.25, 0.3) is 0 Å². The second-order valence-corrected chi connectivity index (χ2v) is 2.78. The summed E-state index contributed by atoms with van der Waals surface area (Å²) in [5.41, 5.74) is 2.46. The zero-order chi connectivity index (χ0) is 9.40. The minimum atomic E-state index is 1.16. The molecule has 0 saturated heterocycles. The molecule has 1 nitrogen and oxygen atoms in total. The third kappa shape index (κ3) is 4.29. The van der Waals surface area contributed by atoms with Gasteiger partial charge in [-0.05, 0) is 19.1 Å². The van der Waals surface area contributed by atoms with Crippen LogP contribution < -0.4 is 4.72 Å². The Hall–Kier alpha value is -0.630. The van der Waals surface area contributed by atoms with E-state index in [1.54, 1.807) is 11.9 Å². The highest BCUT2D eigenvalue weighted by atomic mass is 32.2. The Bertz CT molecular complexity index is 193. The number of benzene rings is 1. The summed E-state index contributed by atoms with van der Waals surface area (Å²) in [5.74, 6) is 0. The van der Waals surface area contributed by atoms with Crippen molar-refractivity contribution < 1.29 is 0 Å². The molecule has 0 aliphatic rings.